The number of imidazole rings is 2. The first-order valence-electron chi connectivity index (χ1n) is 19.1. The molecule has 3 unspecified atom stereocenters. The number of carbonyl (C=O) groups is 4. The summed E-state index contributed by atoms with van der Waals surface area (Å²) >= 11 is 0. The van der Waals surface area contributed by atoms with Gasteiger partial charge in [0.05, 0.1) is 49.0 Å². The molecular formula is C41H47N9O7. The zero-order valence-electron chi connectivity index (χ0n) is 32.8. The lowest BCUT2D eigenvalue weighted by Gasteiger charge is -2.30. The van der Waals surface area contributed by atoms with Crippen LogP contribution in [0, 0.1) is 17.8 Å². The summed E-state index contributed by atoms with van der Waals surface area (Å²) in [5.41, 5.74) is 4.23. The fraction of sp³-hybridized carbons (Fsp3) is 0.439. The van der Waals surface area contributed by atoms with Crippen LogP contribution in [0.3, 0.4) is 0 Å². The number of hydrogen-bond acceptors (Lipinski definition) is 10. The Morgan fingerprint density at radius 3 is 2.02 bits per heavy atom. The van der Waals surface area contributed by atoms with Gasteiger partial charge in [0.2, 0.25) is 11.8 Å². The molecule has 2 saturated heterocycles. The van der Waals surface area contributed by atoms with Gasteiger partial charge in [-0.15, -0.1) is 0 Å². The minimum absolute atomic E-state index is 0.131. The summed E-state index contributed by atoms with van der Waals surface area (Å²) in [6, 6.07) is 11.5. The van der Waals surface area contributed by atoms with Crippen LogP contribution in [0.5, 0.6) is 0 Å². The number of pyridine rings is 1. The lowest BCUT2D eigenvalue weighted by Crippen LogP contribution is -2.54. The number of fused-ring (bicyclic) bond motifs is 4. The SMILES string of the molecule is COC(=O)NC(C(=O)N1CCCC1c1nc2c(ccc3cc(C#Cc4ccc5[nH]c(C6CCCN6C(=O)[C@@H](NC(=O)OC)C(C)C)nc5n4)ccc32)[nH]1)[C@@H](C)OC. The van der Waals surface area contributed by atoms with Gasteiger partial charge in [0.1, 0.15) is 29.4 Å². The Balaban J connectivity index is 1.09. The molecule has 5 aromatic rings. The van der Waals surface area contributed by atoms with Crippen molar-refractivity contribution in [3.63, 3.8) is 0 Å². The summed E-state index contributed by atoms with van der Waals surface area (Å²) in [6.07, 6.45) is 1.15. The molecule has 57 heavy (non-hydrogen) atoms. The highest BCUT2D eigenvalue weighted by molar-refractivity contribution is 6.04. The highest BCUT2D eigenvalue weighted by Gasteiger charge is 2.40. The predicted octanol–water partition coefficient (Wildman–Crippen LogP) is 4.85. The highest BCUT2D eigenvalue weighted by Crippen LogP contribution is 2.35. The number of nitrogens with one attached hydrogen (secondary N) is 4. The molecule has 3 aromatic heterocycles. The molecule has 2 aromatic carbocycles. The second kappa shape index (κ2) is 16.5. The third-order valence-electron chi connectivity index (χ3n) is 10.8. The average molecular weight is 778 g/mol. The smallest absolute Gasteiger partial charge is 0.407 e. The molecule has 0 bridgehead atoms. The number of ether oxygens (including phenoxy) is 3. The number of aromatic nitrogens is 5. The number of benzene rings is 2. The van der Waals surface area contributed by atoms with Gasteiger partial charge >= 0.3 is 12.2 Å². The second-order valence-electron chi connectivity index (χ2n) is 14.8. The number of hydrogen-bond donors (Lipinski definition) is 4. The third kappa shape index (κ3) is 7.92. The standard InChI is InChI=1S/C41H47N9O7/c1-22(2)32(46-40(53)56-5)38(51)49-19-8-10-31(49)37-44-29-18-15-26(42-35(29)48-37)14-11-24-12-16-27-25(21-24)13-17-28-34(27)45-36(43-28)30-9-7-20-50(30)39(52)33(23(3)55-4)47-41(54)57-6/h12-13,15-18,21-23,30-33H,7-10,19-20H2,1-6H3,(H,43,45)(H,46,53)(H,47,54)(H,42,44,48)/t23-,30?,31?,32+,33?/m1/s1. The first-order valence-corrected chi connectivity index (χ1v) is 19.1. The summed E-state index contributed by atoms with van der Waals surface area (Å²) in [5, 5.41) is 7.21. The summed E-state index contributed by atoms with van der Waals surface area (Å²) in [4.78, 5) is 76.1. The Labute approximate surface area is 329 Å². The van der Waals surface area contributed by atoms with Crippen LogP contribution < -0.4 is 10.6 Å². The number of likely N-dealkylation sites (tertiary alicyclic amines) is 2. The van der Waals surface area contributed by atoms with Crippen LogP contribution in [0.1, 0.15) is 81.4 Å². The fourth-order valence-corrected chi connectivity index (χ4v) is 7.72. The number of H-pyrrole nitrogens is 2. The van der Waals surface area contributed by atoms with Crippen LogP contribution in [-0.2, 0) is 23.8 Å². The fourth-order valence-electron chi connectivity index (χ4n) is 7.72. The molecule has 4 N–H and O–H groups in total. The van der Waals surface area contributed by atoms with Crippen molar-refractivity contribution in [2.45, 2.75) is 76.7 Å². The second-order valence-corrected chi connectivity index (χ2v) is 14.8. The maximum atomic E-state index is 13.7. The van der Waals surface area contributed by atoms with E-state index in [2.05, 4.69) is 32.4 Å². The number of aromatic amines is 2. The molecule has 0 spiro atoms. The van der Waals surface area contributed by atoms with Crippen molar-refractivity contribution in [3.05, 3.63) is 65.4 Å². The molecule has 0 aliphatic carbocycles. The maximum Gasteiger partial charge on any atom is 0.407 e. The first kappa shape index (κ1) is 39.0. The number of methoxy groups -OCH3 is 3. The van der Waals surface area contributed by atoms with Crippen LogP contribution in [0.25, 0.3) is 33.0 Å². The normalized spacial score (nSPS) is 18.4. The lowest BCUT2D eigenvalue weighted by atomic mass is 10.0. The van der Waals surface area contributed by atoms with Crippen molar-refractivity contribution >= 4 is 57.0 Å². The monoisotopic (exact) mass is 777 g/mol. The predicted molar refractivity (Wildman–Crippen MR) is 211 cm³/mol. The van der Waals surface area contributed by atoms with E-state index >= 15 is 0 Å². The minimum atomic E-state index is -0.913. The molecule has 5 atom stereocenters. The Bertz CT molecular complexity index is 2400. The molecule has 0 saturated carbocycles. The number of amides is 4. The quantitative estimate of drug-likeness (QED) is 0.150. The maximum absolute atomic E-state index is 13.7. The van der Waals surface area contributed by atoms with Crippen molar-refractivity contribution < 1.29 is 33.4 Å². The molecule has 16 heteroatoms. The van der Waals surface area contributed by atoms with Gasteiger partial charge in [0, 0.05) is 31.1 Å². The van der Waals surface area contributed by atoms with E-state index < -0.39 is 30.4 Å². The largest absolute Gasteiger partial charge is 0.453 e. The van der Waals surface area contributed by atoms with E-state index in [9.17, 15) is 19.2 Å². The zero-order chi connectivity index (χ0) is 40.4. The van der Waals surface area contributed by atoms with Crippen molar-refractivity contribution in [2.24, 2.45) is 5.92 Å². The van der Waals surface area contributed by atoms with Crippen molar-refractivity contribution in [1.82, 2.24) is 45.4 Å². The number of carbonyl (C=O) groups excluding carboxylic acids is 4. The topological polar surface area (TPSA) is 197 Å². The van der Waals surface area contributed by atoms with Crippen LogP contribution in [0.2, 0.25) is 0 Å². The van der Waals surface area contributed by atoms with Crippen LogP contribution in [0.15, 0.2) is 42.5 Å². The van der Waals surface area contributed by atoms with Crippen molar-refractivity contribution in [1.29, 1.82) is 0 Å². The van der Waals surface area contributed by atoms with Crippen LogP contribution in [0.4, 0.5) is 9.59 Å². The van der Waals surface area contributed by atoms with E-state index in [-0.39, 0.29) is 29.8 Å². The van der Waals surface area contributed by atoms with Gasteiger partial charge in [-0.05, 0) is 80.2 Å². The minimum Gasteiger partial charge on any atom is -0.453 e. The summed E-state index contributed by atoms with van der Waals surface area (Å²) in [6.45, 7) is 6.58. The molecule has 16 nitrogen and oxygen atoms in total. The molecular weight excluding hydrogens is 731 g/mol. The van der Waals surface area contributed by atoms with Gasteiger partial charge in [-0.1, -0.05) is 31.9 Å². The molecule has 2 fully saturated rings. The summed E-state index contributed by atoms with van der Waals surface area (Å²) < 4.78 is 14.9. The van der Waals surface area contributed by atoms with E-state index in [0.717, 1.165) is 58.6 Å². The molecule has 7 rings (SSSR count). The average Bonchev–Trinajstić information content (AvgIpc) is 4.05. The number of rotatable bonds is 9. The third-order valence-corrected chi connectivity index (χ3v) is 10.8. The molecule has 298 valence electrons. The molecule has 2 aliphatic rings. The lowest BCUT2D eigenvalue weighted by molar-refractivity contribution is -0.137. The molecule has 4 amide bonds. The van der Waals surface area contributed by atoms with Gasteiger partial charge in [-0.2, -0.15) is 0 Å². The van der Waals surface area contributed by atoms with E-state index in [1.165, 1.54) is 21.3 Å². The van der Waals surface area contributed by atoms with Gasteiger partial charge in [0.15, 0.2) is 5.65 Å². The summed E-state index contributed by atoms with van der Waals surface area (Å²) in [5.74, 6) is 7.16. The number of nitrogens with zero attached hydrogens (tertiary/aromatic N) is 5. The Kier molecular flexibility index (Phi) is 11.3. The Morgan fingerprint density at radius 1 is 0.754 bits per heavy atom. The Hall–Kier alpha value is -6.21. The summed E-state index contributed by atoms with van der Waals surface area (Å²) in [7, 11) is 4.03. The van der Waals surface area contributed by atoms with Gasteiger partial charge in [-0.3, -0.25) is 9.59 Å². The molecule has 5 heterocycles. The van der Waals surface area contributed by atoms with Gasteiger partial charge in [-0.25, -0.2) is 24.5 Å². The van der Waals surface area contributed by atoms with E-state index in [4.69, 9.17) is 29.2 Å². The molecule has 2 aliphatic heterocycles. The van der Waals surface area contributed by atoms with Crippen LogP contribution in [-0.4, -0.2) is 111 Å². The Morgan fingerprint density at radius 2 is 1.37 bits per heavy atom. The van der Waals surface area contributed by atoms with Crippen molar-refractivity contribution in [2.75, 3.05) is 34.4 Å². The van der Waals surface area contributed by atoms with Crippen molar-refractivity contribution in [3.8, 4) is 11.8 Å². The first-order chi connectivity index (χ1) is 27.5. The van der Waals surface area contributed by atoms with Gasteiger partial charge in [0.25, 0.3) is 0 Å². The van der Waals surface area contributed by atoms with Crippen LogP contribution >= 0.6 is 0 Å². The molecule has 0 radical (unpaired) electrons. The number of alkyl carbamates (subject to hydrolysis) is 2. The highest BCUT2D eigenvalue weighted by atomic mass is 16.5. The van der Waals surface area contributed by atoms with Gasteiger partial charge < -0.3 is 44.6 Å². The van der Waals surface area contributed by atoms with E-state index in [0.29, 0.717) is 36.1 Å². The zero-order valence-corrected chi connectivity index (χ0v) is 32.8. The van der Waals surface area contributed by atoms with E-state index in [1.807, 2.05) is 56.3 Å². The van der Waals surface area contributed by atoms with E-state index in [1.54, 1.807) is 16.7 Å².